The quantitative estimate of drug-likeness (QED) is 0.604. The Kier molecular flexibility index (Phi) is 5.54. The predicted octanol–water partition coefficient (Wildman–Crippen LogP) is 2.43. The number of benzene rings is 1. The largest absolute Gasteiger partial charge is 0.497 e. The summed E-state index contributed by atoms with van der Waals surface area (Å²) in [7, 11) is 1.64. The SMILES string of the molecule is CCCOc1cncc(C(NN)c2ccc(OC)cc2)c1. The van der Waals surface area contributed by atoms with E-state index < -0.39 is 0 Å². The second-order valence-electron chi connectivity index (χ2n) is 4.68. The molecule has 0 saturated heterocycles. The van der Waals surface area contributed by atoms with Crippen LogP contribution in [-0.2, 0) is 0 Å². The Morgan fingerprint density at radius 2 is 1.90 bits per heavy atom. The monoisotopic (exact) mass is 287 g/mol. The summed E-state index contributed by atoms with van der Waals surface area (Å²) in [5.74, 6) is 7.27. The van der Waals surface area contributed by atoms with E-state index in [0.717, 1.165) is 29.0 Å². The fourth-order valence-electron chi connectivity index (χ4n) is 2.07. The minimum atomic E-state index is -0.145. The molecule has 0 aliphatic carbocycles. The van der Waals surface area contributed by atoms with E-state index in [0.29, 0.717) is 6.61 Å². The molecule has 0 aliphatic heterocycles. The van der Waals surface area contributed by atoms with Gasteiger partial charge in [0.1, 0.15) is 11.5 Å². The highest BCUT2D eigenvalue weighted by molar-refractivity contribution is 5.36. The first-order valence-electron chi connectivity index (χ1n) is 6.96. The molecule has 1 heterocycles. The standard InChI is InChI=1S/C16H21N3O2/c1-3-8-21-15-9-13(10-18-11-15)16(19-17)12-4-6-14(20-2)7-5-12/h4-7,9-11,16,19H,3,8,17H2,1-2H3. The van der Waals surface area contributed by atoms with Crippen molar-refractivity contribution in [2.75, 3.05) is 13.7 Å². The topological polar surface area (TPSA) is 69.4 Å². The first-order chi connectivity index (χ1) is 10.3. The summed E-state index contributed by atoms with van der Waals surface area (Å²) >= 11 is 0. The van der Waals surface area contributed by atoms with Crippen LogP contribution >= 0.6 is 0 Å². The minimum Gasteiger partial charge on any atom is -0.497 e. The van der Waals surface area contributed by atoms with Crippen molar-refractivity contribution < 1.29 is 9.47 Å². The van der Waals surface area contributed by atoms with Gasteiger partial charge in [-0.1, -0.05) is 19.1 Å². The van der Waals surface area contributed by atoms with Crippen molar-refractivity contribution in [3.63, 3.8) is 0 Å². The number of ether oxygens (including phenoxy) is 2. The van der Waals surface area contributed by atoms with E-state index in [2.05, 4.69) is 17.3 Å². The summed E-state index contributed by atoms with van der Waals surface area (Å²) in [6.45, 7) is 2.74. The first kappa shape index (κ1) is 15.3. The molecule has 2 aromatic rings. The van der Waals surface area contributed by atoms with Crippen LogP contribution in [0.4, 0.5) is 0 Å². The highest BCUT2D eigenvalue weighted by Crippen LogP contribution is 2.25. The predicted molar refractivity (Wildman–Crippen MR) is 82.2 cm³/mol. The number of nitrogens with two attached hydrogens (primary N) is 1. The molecular formula is C16H21N3O2. The van der Waals surface area contributed by atoms with E-state index in [9.17, 15) is 0 Å². The molecule has 0 fully saturated rings. The van der Waals surface area contributed by atoms with Crippen LogP contribution in [0.5, 0.6) is 11.5 Å². The lowest BCUT2D eigenvalue weighted by atomic mass is 10.0. The Morgan fingerprint density at radius 3 is 2.52 bits per heavy atom. The molecule has 5 heteroatoms. The number of hydrogen-bond acceptors (Lipinski definition) is 5. The van der Waals surface area contributed by atoms with Crippen LogP contribution in [0, 0.1) is 0 Å². The van der Waals surface area contributed by atoms with Gasteiger partial charge in [0, 0.05) is 6.20 Å². The second-order valence-corrected chi connectivity index (χ2v) is 4.68. The molecule has 1 unspecified atom stereocenters. The van der Waals surface area contributed by atoms with Gasteiger partial charge in [-0.25, -0.2) is 5.43 Å². The molecule has 0 bridgehead atoms. The second kappa shape index (κ2) is 7.61. The lowest BCUT2D eigenvalue weighted by Gasteiger charge is -2.17. The first-order valence-corrected chi connectivity index (χ1v) is 6.96. The molecule has 1 aromatic carbocycles. The third kappa shape index (κ3) is 3.93. The van der Waals surface area contributed by atoms with Crippen LogP contribution in [0.2, 0.25) is 0 Å². The highest BCUT2D eigenvalue weighted by atomic mass is 16.5. The lowest BCUT2D eigenvalue weighted by molar-refractivity contribution is 0.315. The van der Waals surface area contributed by atoms with Gasteiger partial charge in [0.15, 0.2) is 0 Å². The van der Waals surface area contributed by atoms with Crippen LogP contribution in [0.1, 0.15) is 30.5 Å². The summed E-state index contributed by atoms with van der Waals surface area (Å²) < 4.78 is 10.8. The van der Waals surface area contributed by atoms with E-state index in [-0.39, 0.29) is 6.04 Å². The van der Waals surface area contributed by atoms with Crippen LogP contribution in [0.15, 0.2) is 42.7 Å². The van der Waals surface area contributed by atoms with Crippen molar-refractivity contribution in [2.24, 2.45) is 5.84 Å². The maximum absolute atomic E-state index is 5.71. The van der Waals surface area contributed by atoms with Gasteiger partial charge in [0.25, 0.3) is 0 Å². The number of rotatable bonds is 7. The molecule has 0 spiro atoms. The van der Waals surface area contributed by atoms with Crippen LogP contribution < -0.4 is 20.7 Å². The van der Waals surface area contributed by atoms with E-state index in [4.69, 9.17) is 15.3 Å². The number of pyridine rings is 1. The molecule has 3 N–H and O–H groups in total. The summed E-state index contributed by atoms with van der Waals surface area (Å²) in [5, 5.41) is 0. The van der Waals surface area contributed by atoms with E-state index in [1.54, 1.807) is 19.5 Å². The molecule has 0 aliphatic rings. The summed E-state index contributed by atoms with van der Waals surface area (Å²) in [6, 6.07) is 9.58. The molecular weight excluding hydrogens is 266 g/mol. The normalized spacial score (nSPS) is 12.0. The summed E-state index contributed by atoms with van der Waals surface area (Å²) in [6.07, 6.45) is 4.45. The zero-order chi connectivity index (χ0) is 15.1. The molecule has 5 nitrogen and oxygen atoms in total. The fraction of sp³-hybridized carbons (Fsp3) is 0.312. The van der Waals surface area contributed by atoms with Gasteiger partial charge >= 0.3 is 0 Å². The molecule has 21 heavy (non-hydrogen) atoms. The van der Waals surface area contributed by atoms with Crippen molar-refractivity contribution in [1.29, 1.82) is 0 Å². The van der Waals surface area contributed by atoms with Gasteiger partial charge in [-0.05, 0) is 35.7 Å². The number of methoxy groups -OCH3 is 1. The van der Waals surface area contributed by atoms with Crippen molar-refractivity contribution in [3.8, 4) is 11.5 Å². The molecule has 112 valence electrons. The van der Waals surface area contributed by atoms with Crippen molar-refractivity contribution in [3.05, 3.63) is 53.9 Å². The molecule has 1 aromatic heterocycles. The van der Waals surface area contributed by atoms with E-state index in [1.165, 1.54) is 0 Å². The Bertz CT molecular complexity index is 558. The van der Waals surface area contributed by atoms with Gasteiger partial charge < -0.3 is 9.47 Å². The maximum atomic E-state index is 5.71. The summed E-state index contributed by atoms with van der Waals surface area (Å²) in [5.41, 5.74) is 4.81. The van der Waals surface area contributed by atoms with E-state index >= 15 is 0 Å². The lowest BCUT2D eigenvalue weighted by Crippen LogP contribution is -2.28. The molecule has 0 amide bonds. The van der Waals surface area contributed by atoms with Crippen LogP contribution in [0.3, 0.4) is 0 Å². The number of aromatic nitrogens is 1. The Morgan fingerprint density at radius 1 is 1.14 bits per heavy atom. The van der Waals surface area contributed by atoms with Gasteiger partial charge in [0.2, 0.25) is 0 Å². The fourth-order valence-corrected chi connectivity index (χ4v) is 2.07. The Balaban J connectivity index is 2.23. The zero-order valence-corrected chi connectivity index (χ0v) is 12.4. The average molecular weight is 287 g/mol. The molecule has 0 saturated carbocycles. The molecule has 2 rings (SSSR count). The van der Waals surface area contributed by atoms with Crippen LogP contribution in [-0.4, -0.2) is 18.7 Å². The maximum Gasteiger partial charge on any atom is 0.137 e. The van der Waals surface area contributed by atoms with Crippen molar-refractivity contribution in [1.82, 2.24) is 10.4 Å². The number of nitrogens with one attached hydrogen (secondary N) is 1. The van der Waals surface area contributed by atoms with E-state index in [1.807, 2.05) is 30.3 Å². The number of hydrazine groups is 1. The minimum absolute atomic E-state index is 0.145. The molecule has 0 radical (unpaired) electrons. The Hall–Kier alpha value is -2.11. The van der Waals surface area contributed by atoms with Gasteiger partial charge in [-0.15, -0.1) is 0 Å². The highest BCUT2D eigenvalue weighted by Gasteiger charge is 2.13. The number of nitrogens with zero attached hydrogens (tertiary/aromatic N) is 1. The average Bonchev–Trinajstić information content (AvgIpc) is 2.55. The zero-order valence-electron chi connectivity index (χ0n) is 12.4. The van der Waals surface area contributed by atoms with Crippen LogP contribution in [0.25, 0.3) is 0 Å². The smallest absolute Gasteiger partial charge is 0.137 e. The van der Waals surface area contributed by atoms with Crippen molar-refractivity contribution >= 4 is 0 Å². The van der Waals surface area contributed by atoms with Gasteiger partial charge in [-0.3, -0.25) is 10.8 Å². The third-order valence-corrected chi connectivity index (χ3v) is 3.16. The summed E-state index contributed by atoms with van der Waals surface area (Å²) in [4.78, 5) is 4.22. The van der Waals surface area contributed by atoms with Gasteiger partial charge in [0.05, 0.1) is 26.0 Å². The van der Waals surface area contributed by atoms with Crippen molar-refractivity contribution in [2.45, 2.75) is 19.4 Å². The molecule has 1 atom stereocenters. The third-order valence-electron chi connectivity index (χ3n) is 3.16. The Labute approximate surface area is 125 Å². The number of hydrogen-bond donors (Lipinski definition) is 2. The van der Waals surface area contributed by atoms with Gasteiger partial charge in [-0.2, -0.15) is 0 Å².